The highest BCUT2D eigenvalue weighted by molar-refractivity contribution is 7.92. The Morgan fingerprint density at radius 3 is 2.50 bits per heavy atom. The first-order valence-corrected chi connectivity index (χ1v) is 11.7. The predicted molar refractivity (Wildman–Crippen MR) is 115 cm³/mol. The normalized spacial score (nSPS) is 20.9. The van der Waals surface area contributed by atoms with Gasteiger partial charge in [0.25, 0.3) is 5.56 Å². The molecule has 7 nitrogen and oxygen atoms in total. The molecule has 32 heavy (non-hydrogen) atoms. The maximum absolute atomic E-state index is 12.9. The molecule has 2 aromatic heterocycles. The second kappa shape index (κ2) is 7.88. The number of aryl methyl sites for hydroxylation is 1. The van der Waals surface area contributed by atoms with Crippen molar-refractivity contribution in [2.75, 3.05) is 11.1 Å². The summed E-state index contributed by atoms with van der Waals surface area (Å²) in [4.78, 5) is 21.6. The summed E-state index contributed by atoms with van der Waals surface area (Å²) in [7, 11) is -1.73. The van der Waals surface area contributed by atoms with Crippen LogP contribution in [-0.2, 0) is 23.1 Å². The van der Waals surface area contributed by atoms with Crippen LogP contribution >= 0.6 is 0 Å². The maximum Gasteiger partial charge on any atom is 0.416 e. The van der Waals surface area contributed by atoms with Gasteiger partial charge < -0.3 is 9.88 Å². The van der Waals surface area contributed by atoms with Crippen LogP contribution in [0.3, 0.4) is 0 Å². The molecule has 1 aromatic carbocycles. The molecular formula is C21H21F3N4O3S. The maximum atomic E-state index is 12.9. The Labute approximate surface area is 182 Å². The van der Waals surface area contributed by atoms with Crippen LogP contribution in [0.25, 0.3) is 22.0 Å². The number of sulfone groups is 1. The second-order valence-electron chi connectivity index (χ2n) is 7.94. The molecule has 11 heteroatoms. The summed E-state index contributed by atoms with van der Waals surface area (Å²) < 4.78 is 64.6. The number of rotatable bonds is 3. The number of nitrogens with zero attached hydrogens (tertiary/aromatic N) is 3. The van der Waals surface area contributed by atoms with Gasteiger partial charge >= 0.3 is 6.18 Å². The summed E-state index contributed by atoms with van der Waals surface area (Å²) in [5, 5.41) is 2.62. The van der Waals surface area contributed by atoms with Crippen molar-refractivity contribution in [2.24, 2.45) is 7.05 Å². The van der Waals surface area contributed by atoms with Crippen molar-refractivity contribution in [1.82, 2.24) is 14.5 Å². The van der Waals surface area contributed by atoms with Crippen molar-refractivity contribution < 1.29 is 21.6 Å². The van der Waals surface area contributed by atoms with E-state index in [4.69, 9.17) is 0 Å². The van der Waals surface area contributed by atoms with E-state index in [1.165, 1.54) is 36.3 Å². The second-order valence-corrected chi connectivity index (χ2v) is 10.4. The average Bonchev–Trinajstić information content (AvgIpc) is 2.73. The summed E-state index contributed by atoms with van der Waals surface area (Å²) in [5.41, 5.74) is -0.0763. The molecule has 0 spiro atoms. The van der Waals surface area contributed by atoms with E-state index in [-0.39, 0.29) is 22.5 Å². The highest BCUT2D eigenvalue weighted by Crippen LogP contribution is 2.34. The zero-order valence-electron chi connectivity index (χ0n) is 17.3. The lowest BCUT2D eigenvalue weighted by Crippen LogP contribution is -2.43. The smallest absolute Gasteiger partial charge is 0.365 e. The fraction of sp³-hybridized carbons (Fsp3) is 0.381. The molecule has 0 bridgehead atoms. The lowest BCUT2D eigenvalue weighted by atomic mass is 10.0. The molecule has 1 saturated heterocycles. The summed E-state index contributed by atoms with van der Waals surface area (Å²) >= 11 is 0. The van der Waals surface area contributed by atoms with Gasteiger partial charge in [0.1, 0.15) is 11.2 Å². The monoisotopic (exact) mass is 466 g/mol. The molecule has 0 radical (unpaired) electrons. The van der Waals surface area contributed by atoms with Crippen molar-refractivity contribution in [3.05, 3.63) is 52.7 Å². The number of nitrogens with one attached hydrogen (secondary N) is 1. The summed E-state index contributed by atoms with van der Waals surface area (Å²) in [6, 6.07) is 4.11. The summed E-state index contributed by atoms with van der Waals surface area (Å²) in [6.07, 6.45) is -0.595. The number of halogens is 3. The van der Waals surface area contributed by atoms with Gasteiger partial charge in [-0.15, -0.1) is 0 Å². The topological polar surface area (TPSA) is 93.9 Å². The van der Waals surface area contributed by atoms with E-state index in [0.717, 1.165) is 12.1 Å². The molecule has 170 valence electrons. The van der Waals surface area contributed by atoms with Crippen molar-refractivity contribution in [1.29, 1.82) is 0 Å². The minimum Gasteiger partial charge on any atom is -0.365 e. The van der Waals surface area contributed by atoms with Gasteiger partial charge in [0.15, 0.2) is 9.84 Å². The Balaban J connectivity index is 1.82. The quantitative estimate of drug-likeness (QED) is 0.636. The third-order valence-corrected chi connectivity index (χ3v) is 8.19. The van der Waals surface area contributed by atoms with Crippen LogP contribution in [0.2, 0.25) is 0 Å². The Kier molecular flexibility index (Phi) is 5.48. The Morgan fingerprint density at radius 2 is 1.84 bits per heavy atom. The lowest BCUT2D eigenvalue weighted by Gasteiger charge is -2.30. The van der Waals surface area contributed by atoms with Gasteiger partial charge in [-0.25, -0.2) is 18.4 Å². The zero-order valence-corrected chi connectivity index (χ0v) is 18.2. The van der Waals surface area contributed by atoms with Gasteiger partial charge in [0, 0.05) is 24.8 Å². The molecule has 1 fully saturated rings. The van der Waals surface area contributed by atoms with Crippen molar-refractivity contribution >= 4 is 26.6 Å². The van der Waals surface area contributed by atoms with E-state index in [1.807, 2.05) is 0 Å². The van der Waals surface area contributed by atoms with Gasteiger partial charge in [-0.05, 0) is 37.5 Å². The Bertz CT molecular complexity index is 1340. The molecule has 1 aliphatic rings. The number of aromatic nitrogens is 3. The molecule has 1 N–H and O–H groups in total. The first-order valence-electron chi connectivity index (χ1n) is 9.99. The minimum atomic E-state index is -4.46. The fourth-order valence-corrected chi connectivity index (χ4v) is 5.56. The van der Waals surface area contributed by atoms with Gasteiger partial charge in [-0.2, -0.15) is 13.2 Å². The number of benzene rings is 1. The molecule has 2 atom stereocenters. The van der Waals surface area contributed by atoms with Crippen LogP contribution in [0.15, 0.2) is 41.6 Å². The molecule has 1 aliphatic heterocycles. The first kappa shape index (κ1) is 22.3. The number of fused-ring (bicyclic) bond motifs is 1. The molecule has 4 rings (SSSR count). The molecular weight excluding hydrogens is 445 g/mol. The number of hydrogen-bond donors (Lipinski definition) is 1. The number of hydrogen-bond acceptors (Lipinski definition) is 6. The Morgan fingerprint density at radius 1 is 1.16 bits per heavy atom. The SMILES string of the molecule is C[C@H]1[C@@H](Nc2ncc(-c3ccc(C(F)(F)F)cc3)c3ncn(C)c(=O)c23)CCCS1(=O)=O. The van der Waals surface area contributed by atoms with Crippen LogP contribution in [0.5, 0.6) is 0 Å². The van der Waals surface area contributed by atoms with E-state index >= 15 is 0 Å². The van der Waals surface area contributed by atoms with Crippen LogP contribution < -0.4 is 10.9 Å². The van der Waals surface area contributed by atoms with Crippen LogP contribution in [0.1, 0.15) is 25.3 Å². The molecule has 3 aromatic rings. The van der Waals surface area contributed by atoms with Gasteiger partial charge in [0.05, 0.1) is 28.4 Å². The lowest BCUT2D eigenvalue weighted by molar-refractivity contribution is -0.137. The van der Waals surface area contributed by atoms with E-state index in [0.29, 0.717) is 24.0 Å². The van der Waals surface area contributed by atoms with E-state index < -0.39 is 38.4 Å². The summed E-state index contributed by atoms with van der Waals surface area (Å²) in [5.74, 6) is 0.328. The summed E-state index contributed by atoms with van der Waals surface area (Å²) in [6.45, 7) is 1.63. The van der Waals surface area contributed by atoms with E-state index in [9.17, 15) is 26.4 Å². The third kappa shape index (κ3) is 3.96. The van der Waals surface area contributed by atoms with Crippen molar-refractivity contribution in [2.45, 2.75) is 37.2 Å². The van der Waals surface area contributed by atoms with Crippen molar-refractivity contribution in [3.8, 4) is 11.1 Å². The highest BCUT2D eigenvalue weighted by atomic mass is 32.2. The van der Waals surface area contributed by atoms with Gasteiger partial charge in [0.2, 0.25) is 0 Å². The molecule has 0 amide bonds. The average molecular weight is 466 g/mol. The Hall–Kier alpha value is -2.95. The molecule has 0 saturated carbocycles. The van der Waals surface area contributed by atoms with Crippen LogP contribution in [0, 0.1) is 0 Å². The molecule has 0 aliphatic carbocycles. The zero-order chi connectivity index (χ0) is 23.3. The third-order valence-electron chi connectivity index (χ3n) is 5.87. The highest BCUT2D eigenvalue weighted by Gasteiger charge is 2.34. The molecule has 3 heterocycles. The minimum absolute atomic E-state index is 0.122. The van der Waals surface area contributed by atoms with Gasteiger partial charge in [-0.3, -0.25) is 4.79 Å². The fourth-order valence-electron chi connectivity index (χ4n) is 3.91. The van der Waals surface area contributed by atoms with E-state index in [2.05, 4.69) is 15.3 Å². The molecule has 0 unspecified atom stereocenters. The largest absolute Gasteiger partial charge is 0.416 e. The number of anilines is 1. The van der Waals surface area contributed by atoms with E-state index in [1.54, 1.807) is 6.92 Å². The van der Waals surface area contributed by atoms with Crippen LogP contribution in [-0.4, -0.2) is 40.0 Å². The standard InChI is InChI=1S/C21H21F3N4O3S/c1-12-16(4-3-9-32(12,30)31)27-19-17-18(26-11-28(2)20(17)29)15(10-25-19)13-5-7-14(8-6-13)21(22,23)24/h5-8,10-12,16H,3-4,9H2,1-2H3,(H,25,27)/t12-,16-/m0/s1. The van der Waals surface area contributed by atoms with Gasteiger partial charge in [-0.1, -0.05) is 12.1 Å². The number of alkyl halides is 3. The number of pyridine rings is 1. The van der Waals surface area contributed by atoms with Crippen LogP contribution in [0.4, 0.5) is 19.0 Å². The van der Waals surface area contributed by atoms with Crippen molar-refractivity contribution in [3.63, 3.8) is 0 Å². The predicted octanol–water partition coefficient (Wildman–Crippen LogP) is 3.39. The first-order chi connectivity index (χ1) is 15.0.